The molecule has 0 aromatic carbocycles. The van der Waals surface area contributed by atoms with E-state index in [9.17, 15) is 10.1 Å². The Hall–Kier alpha value is -1.75. The molecule has 1 aromatic rings. The van der Waals surface area contributed by atoms with E-state index in [4.69, 9.17) is 5.73 Å². The van der Waals surface area contributed by atoms with Gasteiger partial charge in [0.15, 0.2) is 0 Å². The van der Waals surface area contributed by atoms with E-state index < -0.39 is 4.92 Å². The lowest BCUT2D eigenvalue weighted by atomic mass is 10.1. The van der Waals surface area contributed by atoms with Gasteiger partial charge in [-0.05, 0) is 22.4 Å². The van der Waals surface area contributed by atoms with Crippen LogP contribution in [0.15, 0.2) is 31.0 Å². The predicted octanol–water partition coefficient (Wildman–Crippen LogP) is 1.57. The van der Waals surface area contributed by atoms with Gasteiger partial charge in [0.2, 0.25) is 0 Å². The van der Waals surface area contributed by atoms with Crippen LogP contribution in [0.4, 0.5) is 5.82 Å². The Morgan fingerprint density at radius 2 is 2.43 bits per heavy atom. The normalized spacial score (nSPS) is 12.1. The van der Waals surface area contributed by atoms with E-state index in [0.717, 1.165) is 5.56 Å². The predicted molar refractivity (Wildman–Crippen MR) is 52.6 cm³/mol. The van der Waals surface area contributed by atoms with E-state index in [1.165, 1.54) is 12.3 Å². The molecule has 1 aromatic heterocycles. The maximum atomic E-state index is 10.3. The van der Waals surface area contributed by atoms with Crippen LogP contribution < -0.4 is 5.73 Å². The number of nitrogens with two attached hydrogens (primary N) is 1. The largest absolute Gasteiger partial charge is 0.363 e. The van der Waals surface area contributed by atoms with Gasteiger partial charge in [-0.2, -0.15) is 0 Å². The maximum Gasteiger partial charge on any atom is 0.363 e. The number of rotatable bonds is 4. The smallest absolute Gasteiger partial charge is 0.358 e. The summed E-state index contributed by atoms with van der Waals surface area (Å²) in [6.07, 6.45) is 3.75. The molecule has 0 fully saturated rings. The minimum absolute atomic E-state index is 0.167. The SMILES string of the molecule is C=CC[C@@H](N)c1ccc([N+](=O)[O-])nc1. The van der Waals surface area contributed by atoms with E-state index in [0.29, 0.717) is 6.42 Å². The van der Waals surface area contributed by atoms with Crippen molar-refractivity contribution in [3.8, 4) is 0 Å². The molecule has 0 aliphatic rings. The Bertz CT molecular complexity index is 334. The van der Waals surface area contributed by atoms with Crippen molar-refractivity contribution < 1.29 is 4.92 Å². The van der Waals surface area contributed by atoms with Crippen LogP contribution in [-0.2, 0) is 0 Å². The van der Waals surface area contributed by atoms with Gasteiger partial charge in [0, 0.05) is 17.7 Å². The maximum absolute atomic E-state index is 10.3. The van der Waals surface area contributed by atoms with Crippen LogP contribution in [0.25, 0.3) is 0 Å². The van der Waals surface area contributed by atoms with Crippen LogP contribution in [0.2, 0.25) is 0 Å². The molecule has 0 radical (unpaired) electrons. The minimum Gasteiger partial charge on any atom is -0.358 e. The molecular weight excluding hydrogens is 182 g/mol. The molecule has 2 N–H and O–H groups in total. The van der Waals surface area contributed by atoms with E-state index in [-0.39, 0.29) is 11.9 Å². The summed E-state index contributed by atoms with van der Waals surface area (Å²) in [7, 11) is 0. The van der Waals surface area contributed by atoms with Crippen LogP contribution >= 0.6 is 0 Å². The van der Waals surface area contributed by atoms with Gasteiger partial charge in [0.25, 0.3) is 0 Å². The minimum atomic E-state index is -0.539. The summed E-state index contributed by atoms with van der Waals surface area (Å²) in [6, 6.07) is 2.76. The first-order chi connectivity index (χ1) is 6.65. The molecular formula is C9H11N3O2. The Balaban J connectivity index is 2.82. The topological polar surface area (TPSA) is 82.0 Å². The van der Waals surface area contributed by atoms with Crippen molar-refractivity contribution in [2.45, 2.75) is 12.5 Å². The fraction of sp³-hybridized carbons (Fsp3) is 0.222. The summed E-state index contributed by atoms with van der Waals surface area (Å²) in [5, 5.41) is 10.3. The molecule has 74 valence electrons. The fourth-order valence-electron chi connectivity index (χ4n) is 1.04. The second-order valence-corrected chi connectivity index (χ2v) is 2.84. The van der Waals surface area contributed by atoms with Gasteiger partial charge in [-0.3, -0.25) is 0 Å². The molecule has 5 nitrogen and oxygen atoms in total. The van der Waals surface area contributed by atoms with Gasteiger partial charge in [-0.25, -0.2) is 0 Å². The van der Waals surface area contributed by atoms with Gasteiger partial charge in [-0.15, -0.1) is 6.58 Å². The summed E-state index contributed by atoms with van der Waals surface area (Å²) in [5.41, 5.74) is 6.52. The molecule has 0 bridgehead atoms. The fourth-order valence-corrected chi connectivity index (χ4v) is 1.04. The highest BCUT2D eigenvalue weighted by Crippen LogP contribution is 2.15. The van der Waals surface area contributed by atoms with E-state index >= 15 is 0 Å². The summed E-state index contributed by atoms with van der Waals surface area (Å²) >= 11 is 0. The van der Waals surface area contributed by atoms with E-state index in [1.54, 1.807) is 12.1 Å². The van der Waals surface area contributed by atoms with Gasteiger partial charge in [0.05, 0.1) is 0 Å². The molecule has 0 unspecified atom stereocenters. The first-order valence-electron chi connectivity index (χ1n) is 4.12. The molecule has 5 heteroatoms. The first kappa shape index (κ1) is 10.3. The standard InChI is InChI=1S/C9H11N3O2/c1-2-3-8(10)7-4-5-9(11-6-7)12(13)14/h2,4-6,8H,1,3,10H2/t8-/m1/s1. The van der Waals surface area contributed by atoms with Crippen molar-refractivity contribution in [1.82, 2.24) is 4.98 Å². The lowest BCUT2D eigenvalue weighted by Gasteiger charge is -2.06. The highest BCUT2D eigenvalue weighted by atomic mass is 16.6. The number of nitro groups is 1. The van der Waals surface area contributed by atoms with Gasteiger partial charge < -0.3 is 15.8 Å². The molecule has 0 saturated heterocycles. The average Bonchev–Trinajstić information content (AvgIpc) is 2.18. The molecule has 0 spiro atoms. The van der Waals surface area contributed by atoms with E-state index in [1.807, 2.05) is 0 Å². The van der Waals surface area contributed by atoms with Crippen molar-refractivity contribution in [3.05, 3.63) is 46.7 Å². The lowest BCUT2D eigenvalue weighted by molar-refractivity contribution is -0.389. The lowest BCUT2D eigenvalue weighted by Crippen LogP contribution is -2.09. The Morgan fingerprint density at radius 1 is 1.71 bits per heavy atom. The summed E-state index contributed by atoms with van der Waals surface area (Å²) in [5.74, 6) is -0.167. The Kier molecular flexibility index (Phi) is 3.30. The van der Waals surface area contributed by atoms with Crippen molar-refractivity contribution >= 4 is 5.82 Å². The molecule has 0 saturated carbocycles. The number of hydrogen-bond acceptors (Lipinski definition) is 4. The highest BCUT2D eigenvalue weighted by molar-refractivity contribution is 5.24. The third-order valence-corrected chi connectivity index (χ3v) is 1.81. The third-order valence-electron chi connectivity index (χ3n) is 1.81. The molecule has 1 heterocycles. The number of hydrogen-bond donors (Lipinski definition) is 1. The highest BCUT2D eigenvalue weighted by Gasteiger charge is 2.10. The second-order valence-electron chi connectivity index (χ2n) is 2.84. The molecule has 0 aliphatic heterocycles. The monoisotopic (exact) mass is 193 g/mol. The Morgan fingerprint density at radius 3 is 2.86 bits per heavy atom. The van der Waals surface area contributed by atoms with Crippen molar-refractivity contribution in [3.63, 3.8) is 0 Å². The summed E-state index contributed by atoms with van der Waals surface area (Å²) < 4.78 is 0. The Labute approximate surface area is 81.4 Å². The zero-order chi connectivity index (χ0) is 10.6. The summed E-state index contributed by atoms with van der Waals surface area (Å²) in [6.45, 7) is 3.56. The zero-order valence-electron chi connectivity index (χ0n) is 7.59. The van der Waals surface area contributed by atoms with Crippen molar-refractivity contribution in [2.24, 2.45) is 5.73 Å². The summed E-state index contributed by atoms with van der Waals surface area (Å²) in [4.78, 5) is 13.4. The quantitative estimate of drug-likeness (QED) is 0.447. The van der Waals surface area contributed by atoms with Crippen LogP contribution in [0.3, 0.4) is 0 Å². The number of aromatic nitrogens is 1. The van der Waals surface area contributed by atoms with Crippen LogP contribution in [0, 0.1) is 10.1 Å². The van der Waals surface area contributed by atoms with Gasteiger partial charge >= 0.3 is 5.82 Å². The molecule has 1 rings (SSSR count). The van der Waals surface area contributed by atoms with E-state index in [2.05, 4.69) is 11.6 Å². The van der Waals surface area contributed by atoms with Crippen LogP contribution in [0.5, 0.6) is 0 Å². The van der Waals surface area contributed by atoms with Gasteiger partial charge in [0.1, 0.15) is 6.20 Å². The average molecular weight is 193 g/mol. The third kappa shape index (κ3) is 2.37. The van der Waals surface area contributed by atoms with Crippen LogP contribution in [-0.4, -0.2) is 9.91 Å². The number of nitrogens with zero attached hydrogens (tertiary/aromatic N) is 2. The zero-order valence-corrected chi connectivity index (χ0v) is 7.59. The first-order valence-corrected chi connectivity index (χ1v) is 4.12. The molecule has 0 aliphatic carbocycles. The molecule has 14 heavy (non-hydrogen) atoms. The van der Waals surface area contributed by atoms with Crippen molar-refractivity contribution in [1.29, 1.82) is 0 Å². The number of pyridine rings is 1. The molecule has 0 amide bonds. The molecule has 1 atom stereocenters. The van der Waals surface area contributed by atoms with Gasteiger partial charge in [-0.1, -0.05) is 6.08 Å². The van der Waals surface area contributed by atoms with Crippen molar-refractivity contribution in [2.75, 3.05) is 0 Å². The second kappa shape index (κ2) is 4.48. The van der Waals surface area contributed by atoms with Crippen LogP contribution in [0.1, 0.15) is 18.0 Å².